The van der Waals surface area contributed by atoms with Crippen LogP contribution < -0.4 is 5.73 Å². The first-order valence-electron chi connectivity index (χ1n) is 4.34. The van der Waals surface area contributed by atoms with Gasteiger partial charge in [-0.1, -0.05) is 11.6 Å². The fraction of sp³-hybridized carbons (Fsp3) is 0.400. The molecule has 0 radical (unpaired) electrons. The summed E-state index contributed by atoms with van der Waals surface area (Å²) in [6.45, 7) is 0.769. The van der Waals surface area contributed by atoms with Crippen LogP contribution in [0.5, 0.6) is 0 Å². The molecule has 0 saturated carbocycles. The molecule has 2 nitrogen and oxygen atoms in total. The molecule has 0 aliphatic heterocycles. The van der Waals surface area contributed by atoms with E-state index in [9.17, 15) is 0 Å². The van der Waals surface area contributed by atoms with Gasteiger partial charge in [0.1, 0.15) is 0 Å². The SMILES string of the molecule is COCCSCc1cc(Cl)ccc1N. The van der Waals surface area contributed by atoms with Gasteiger partial charge in [-0.05, 0) is 23.8 Å². The number of halogens is 1. The van der Waals surface area contributed by atoms with E-state index in [0.29, 0.717) is 0 Å². The quantitative estimate of drug-likeness (QED) is 0.625. The number of hydrogen-bond acceptors (Lipinski definition) is 3. The number of nitrogen functional groups attached to an aromatic ring is 1. The molecule has 4 heteroatoms. The Balaban J connectivity index is 2.45. The van der Waals surface area contributed by atoms with Crippen molar-refractivity contribution in [2.75, 3.05) is 25.2 Å². The normalized spacial score (nSPS) is 10.4. The monoisotopic (exact) mass is 231 g/mol. The molecule has 0 bridgehead atoms. The maximum atomic E-state index is 5.87. The van der Waals surface area contributed by atoms with Gasteiger partial charge in [-0.25, -0.2) is 0 Å². The second-order valence-electron chi connectivity index (χ2n) is 2.89. The summed E-state index contributed by atoms with van der Waals surface area (Å²) in [5.41, 5.74) is 7.70. The lowest BCUT2D eigenvalue weighted by atomic mass is 10.2. The van der Waals surface area contributed by atoms with E-state index in [-0.39, 0.29) is 0 Å². The Morgan fingerprint density at radius 2 is 2.29 bits per heavy atom. The number of methoxy groups -OCH3 is 1. The average Bonchev–Trinajstić information content (AvgIpc) is 2.18. The highest BCUT2D eigenvalue weighted by atomic mass is 35.5. The molecule has 0 unspecified atom stereocenters. The molecule has 78 valence electrons. The van der Waals surface area contributed by atoms with Gasteiger partial charge < -0.3 is 10.5 Å². The van der Waals surface area contributed by atoms with Crippen molar-refractivity contribution in [3.05, 3.63) is 28.8 Å². The first-order valence-corrected chi connectivity index (χ1v) is 5.88. The zero-order valence-electron chi connectivity index (χ0n) is 8.13. The van der Waals surface area contributed by atoms with E-state index in [1.54, 1.807) is 24.9 Å². The van der Waals surface area contributed by atoms with Crippen LogP contribution in [0.2, 0.25) is 5.02 Å². The van der Waals surface area contributed by atoms with Gasteiger partial charge in [-0.15, -0.1) is 0 Å². The number of thioether (sulfide) groups is 1. The molecular formula is C10H14ClNOS. The minimum atomic E-state index is 0.738. The predicted octanol–water partition coefficient (Wildman–Crippen LogP) is 2.80. The zero-order valence-corrected chi connectivity index (χ0v) is 9.70. The second-order valence-corrected chi connectivity index (χ2v) is 4.43. The fourth-order valence-electron chi connectivity index (χ4n) is 1.02. The van der Waals surface area contributed by atoms with Crippen molar-refractivity contribution in [3.63, 3.8) is 0 Å². The van der Waals surface area contributed by atoms with Crippen LogP contribution in [0.4, 0.5) is 5.69 Å². The smallest absolute Gasteiger partial charge is 0.0553 e. The van der Waals surface area contributed by atoms with Crippen molar-refractivity contribution in [2.24, 2.45) is 0 Å². The van der Waals surface area contributed by atoms with Crippen molar-refractivity contribution in [1.82, 2.24) is 0 Å². The van der Waals surface area contributed by atoms with Crippen LogP contribution in [-0.2, 0) is 10.5 Å². The van der Waals surface area contributed by atoms with Gasteiger partial charge in [0.05, 0.1) is 6.61 Å². The molecule has 0 atom stereocenters. The third-order valence-electron chi connectivity index (χ3n) is 1.79. The van der Waals surface area contributed by atoms with E-state index in [4.69, 9.17) is 22.1 Å². The highest BCUT2D eigenvalue weighted by Crippen LogP contribution is 2.22. The molecule has 0 aliphatic carbocycles. The van der Waals surface area contributed by atoms with Crippen molar-refractivity contribution >= 4 is 29.1 Å². The van der Waals surface area contributed by atoms with Crippen LogP contribution in [0.25, 0.3) is 0 Å². The third kappa shape index (κ3) is 3.78. The van der Waals surface area contributed by atoms with Crippen molar-refractivity contribution < 1.29 is 4.74 Å². The summed E-state index contributed by atoms with van der Waals surface area (Å²) in [5.74, 6) is 1.86. The second kappa shape index (κ2) is 6.17. The van der Waals surface area contributed by atoms with Gasteiger partial charge in [-0.3, -0.25) is 0 Å². The summed E-state index contributed by atoms with van der Waals surface area (Å²) < 4.78 is 4.96. The lowest BCUT2D eigenvalue weighted by Crippen LogP contribution is -1.95. The van der Waals surface area contributed by atoms with Crippen LogP contribution in [0.1, 0.15) is 5.56 Å². The lowest BCUT2D eigenvalue weighted by Gasteiger charge is -2.05. The molecule has 2 N–H and O–H groups in total. The number of benzene rings is 1. The topological polar surface area (TPSA) is 35.2 Å². The van der Waals surface area contributed by atoms with E-state index in [0.717, 1.165) is 34.4 Å². The molecule has 1 rings (SSSR count). The van der Waals surface area contributed by atoms with Crippen molar-refractivity contribution in [1.29, 1.82) is 0 Å². The molecule has 1 aromatic carbocycles. The average molecular weight is 232 g/mol. The maximum Gasteiger partial charge on any atom is 0.0553 e. The Kier molecular flexibility index (Phi) is 5.15. The molecule has 14 heavy (non-hydrogen) atoms. The number of hydrogen-bond donors (Lipinski definition) is 1. The molecule has 0 aliphatic rings. The summed E-state index contributed by atoms with van der Waals surface area (Å²) in [4.78, 5) is 0. The van der Waals surface area contributed by atoms with Gasteiger partial charge in [-0.2, -0.15) is 11.8 Å². The highest BCUT2D eigenvalue weighted by molar-refractivity contribution is 7.98. The third-order valence-corrected chi connectivity index (χ3v) is 3.00. The molecular weight excluding hydrogens is 218 g/mol. The number of nitrogens with two attached hydrogens (primary N) is 1. The van der Waals surface area contributed by atoms with E-state index in [1.807, 2.05) is 12.1 Å². The summed E-state index contributed by atoms with van der Waals surface area (Å²) in [6.07, 6.45) is 0. The Hall–Kier alpha value is -0.380. The van der Waals surface area contributed by atoms with Gasteiger partial charge in [0.2, 0.25) is 0 Å². The zero-order chi connectivity index (χ0) is 10.4. The maximum absolute atomic E-state index is 5.87. The molecule has 0 saturated heterocycles. The van der Waals surface area contributed by atoms with Gasteiger partial charge in [0.15, 0.2) is 0 Å². The van der Waals surface area contributed by atoms with Crippen LogP contribution in [0.15, 0.2) is 18.2 Å². The van der Waals surface area contributed by atoms with Crippen molar-refractivity contribution in [3.8, 4) is 0 Å². The Bertz CT molecular complexity index is 293. The largest absolute Gasteiger partial charge is 0.398 e. The summed E-state index contributed by atoms with van der Waals surface area (Å²) >= 11 is 7.66. The standard InChI is InChI=1S/C10H14ClNOS/c1-13-4-5-14-7-8-6-9(11)2-3-10(8)12/h2-3,6H,4-5,7,12H2,1H3. The molecule has 0 fully saturated rings. The van der Waals surface area contributed by atoms with Crippen LogP contribution in [0, 0.1) is 0 Å². The Morgan fingerprint density at radius 3 is 3.00 bits per heavy atom. The lowest BCUT2D eigenvalue weighted by molar-refractivity contribution is 0.218. The Morgan fingerprint density at radius 1 is 1.50 bits per heavy atom. The van der Waals surface area contributed by atoms with E-state index < -0.39 is 0 Å². The molecule has 0 aromatic heterocycles. The van der Waals surface area contributed by atoms with Gasteiger partial charge in [0.25, 0.3) is 0 Å². The fourth-order valence-corrected chi connectivity index (χ4v) is 2.12. The molecule has 0 heterocycles. The first-order chi connectivity index (χ1) is 6.74. The summed E-state index contributed by atoms with van der Waals surface area (Å²) in [7, 11) is 1.70. The Labute approximate surface area is 93.8 Å². The predicted molar refractivity (Wildman–Crippen MR) is 63.9 cm³/mol. The number of anilines is 1. The van der Waals surface area contributed by atoms with E-state index in [1.165, 1.54) is 0 Å². The molecule has 0 spiro atoms. The van der Waals surface area contributed by atoms with Gasteiger partial charge in [0, 0.05) is 29.3 Å². The van der Waals surface area contributed by atoms with E-state index >= 15 is 0 Å². The minimum Gasteiger partial charge on any atom is -0.398 e. The number of ether oxygens (including phenoxy) is 1. The van der Waals surface area contributed by atoms with Crippen LogP contribution in [0.3, 0.4) is 0 Å². The summed E-state index contributed by atoms with van der Waals surface area (Å²) in [5, 5.41) is 0.738. The summed E-state index contributed by atoms with van der Waals surface area (Å²) in [6, 6.07) is 5.56. The van der Waals surface area contributed by atoms with Crippen LogP contribution in [-0.4, -0.2) is 19.5 Å². The molecule has 0 amide bonds. The minimum absolute atomic E-state index is 0.738. The highest BCUT2D eigenvalue weighted by Gasteiger charge is 2.00. The first kappa shape index (κ1) is 11.7. The van der Waals surface area contributed by atoms with Crippen molar-refractivity contribution in [2.45, 2.75) is 5.75 Å². The van der Waals surface area contributed by atoms with E-state index in [2.05, 4.69) is 0 Å². The van der Waals surface area contributed by atoms with Gasteiger partial charge >= 0.3 is 0 Å². The number of rotatable bonds is 5. The molecule has 1 aromatic rings. The van der Waals surface area contributed by atoms with Crippen LogP contribution >= 0.6 is 23.4 Å².